The minimum absolute atomic E-state index is 0.369. The Hall–Kier alpha value is -0.870. The van der Waals surface area contributed by atoms with Crippen LogP contribution >= 0.6 is 11.6 Å². The van der Waals surface area contributed by atoms with Crippen molar-refractivity contribution in [2.24, 2.45) is 0 Å². The molecule has 4 nitrogen and oxygen atoms in total. The summed E-state index contributed by atoms with van der Waals surface area (Å²) < 4.78 is 0. The third-order valence-corrected chi connectivity index (χ3v) is 3.38. The van der Waals surface area contributed by atoms with Crippen LogP contribution in [0.5, 0.6) is 0 Å². The topological polar surface area (TPSA) is 41.1 Å². The molecule has 0 amide bonds. The first kappa shape index (κ1) is 13.6. The van der Waals surface area contributed by atoms with E-state index in [4.69, 9.17) is 11.6 Å². The molecule has 1 aliphatic heterocycles. The molecule has 0 aliphatic carbocycles. The Bertz CT molecular complexity index is 370. The van der Waals surface area contributed by atoms with Crippen LogP contribution in [-0.4, -0.2) is 40.5 Å². The van der Waals surface area contributed by atoms with Crippen molar-refractivity contribution in [2.45, 2.75) is 39.2 Å². The van der Waals surface area contributed by atoms with E-state index in [1.165, 1.54) is 32.4 Å². The number of hydrogen-bond acceptors (Lipinski definition) is 4. The Balaban J connectivity index is 1.87. The van der Waals surface area contributed by atoms with Crippen LogP contribution in [0.3, 0.4) is 0 Å². The molecule has 0 aromatic carbocycles. The molecule has 1 unspecified atom stereocenters. The maximum Gasteiger partial charge on any atom is 0.134 e. The summed E-state index contributed by atoms with van der Waals surface area (Å²) in [7, 11) is 0. The molecule has 2 rings (SSSR count). The Labute approximate surface area is 114 Å². The van der Waals surface area contributed by atoms with Gasteiger partial charge in [0.25, 0.3) is 0 Å². The van der Waals surface area contributed by atoms with E-state index < -0.39 is 0 Å². The van der Waals surface area contributed by atoms with Gasteiger partial charge in [-0.2, -0.15) is 0 Å². The van der Waals surface area contributed by atoms with Crippen LogP contribution in [0, 0.1) is 6.92 Å². The number of piperidine rings is 1. The molecule has 1 aromatic rings. The van der Waals surface area contributed by atoms with Crippen LogP contribution < -0.4 is 5.32 Å². The van der Waals surface area contributed by atoms with Crippen LogP contribution in [0.1, 0.15) is 32.0 Å². The highest BCUT2D eigenvalue weighted by Crippen LogP contribution is 2.14. The zero-order valence-electron chi connectivity index (χ0n) is 11.1. The minimum atomic E-state index is 0.369. The first-order valence-corrected chi connectivity index (χ1v) is 7.01. The van der Waals surface area contributed by atoms with Gasteiger partial charge in [0.1, 0.15) is 16.8 Å². The first-order valence-electron chi connectivity index (χ1n) is 6.63. The van der Waals surface area contributed by atoms with Gasteiger partial charge in [-0.05, 0) is 39.8 Å². The van der Waals surface area contributed by atoms with Crippen molar-refractivity contribution in [3.8, 4) is 0 Å². The molecule has 1 N–H and O–H groups in total. The lowest BCUT2D eigenvalue weighted by molar-refractivity contribution is 0.223. The fourth-order valence-electron chi connectivity index (χ4n) is 2.43. The quantitative estimate of drug-likeness (QED) is 0.853. The molecule has 0 bridgehead atoms. The molecule has 1 aliphatic rings. The summed E-state index contributed by atoms with van der Waals surface area (Å²) in [5.41, 5.74) is 0. The summed E-state index contributed by atoms with van der Waals surface area (Å²) in [4.78, 5) is 10.9. The third kappa shape index (κ3) is 4.10. The second kappa shape index (κ2) is 6.34. The highest BCUT2D eigenvalue weighted by molar-refractivity contribution is 6.29. The van der Waals surface area contributed by atoms with Gasteiger partial charge in [-0.25, -0.2) is 9.97 Å². The van der Waals surface area contributed by atoms with E-state index in [-0.39, 0.29) is 0 Å². The zero-order valence-corrected chi connectivity index (χ0v) is 11.9. The molecule has 5 heteroatoms. The van der Waals surface area contributed by atoms with Crippen molar-refractivity contribution >= 4 is 17.4 Å². The zero-order chi connectivity index (χ0) is 13.0. The van der Waals surface area contributed by atoms with E-state index in [9.17, 15) is 0 Å². The van der Waals surface area contributed by atoms with E-state index in [1.807, 2.05) is 6.92 Å². The highest BCUT2D eigenvalue weighted by Gasteiger charge is 2.13. The second-order valence-corrected chi connectivity index (χ2v) is 5.42. The Kier molecular flexibility index (Phi) is 4.78. The van der Waals surface area contributed by atoms with Crippen molar-refractivity contribution in [2.75, 3.05) is 25.0 Å². The number of nitrogens with one attached hydrogen (secondary N) is 1. The largest absolute Gasteiger partial charge is 0.366 e. The van der Waals surface area contributed by atoms with E-state index in [0.29, 0.717) is 17.0 Å². The van der Waals surface area contributed by atoms with Crippen LogP contribution in [-0.2, 0) is 0 Å². The third-order valence-electron chi connectivity index (χ3n) is 3.18. The fourth-order valence-corrected chi connectivity index (χ4v) is 2.66. The summed E-state index contributed by atoms with van der Waals surface area (Å²) >= 11 is 5.92. The average molecular weight is 269 g/mol. The van der Waals surface area contributed by atoms with Crippen molar-refractivity contribution in [1.82, 2.24) is 14.9 Å². The monoisotopic (exact) mass is 268 g/mol. The van der Waals surface area contributed by atoms with Gasteiger partial charge in [0.2, 0.25) is 0 Å². The summed E-state index contributed by atoms with van der Waals surface area (Å²) in [6, 6.07) is 2.15. The molecule has 2 heterocycles. The van der Waals surface area contributed by atoms with Gasteiger partial charge < -0.3 is 10.2 Å². The van der Waals surface area contributed by atoms with E-state index in [0.717, 1.165) is 12.4 Å². The maximum atomic E-state index is 5.92. The number of nitrogens with zero attached hydrogens (tertiary/aromatic N) is 3. The molecule has 1 aromatic heterocycles. The maximum absolute atomic E-state index is 5.92. The van der Waals surface area contributed by atoms with E-state index in [1.54, 1.807) is 6.07 Å². The van der Waals surface area contributed by atoms with Crippen LogP contribution in [0.15, 0.2) is 6.07 Å². The van der Waals surface area contributed by atoms with E-state index in [2.05, 4.69) is 27.1 Å². The molecule has 1 saturated heterocycles. The van der Waals surface area contributed by atoms with Crippen LogP contribution in [0.25, 0.3) is 0 Å². The Morgan fingerprint density at radius 2 is 2.06 bits per heavy atom. The fraction of sp³-hybridized carbons (Fsp3) is 0.692. The smallest absolute Gasteiger partial charge is 0.134 e. The van der Waals surface area contributed by atoms with Crippen LogP contribution in [0.2, 0.25) is 5.15 Å². The molecule has 0 spiro atoms. The number of aromatic nitrogens is 2. The molecule has 0 saturated carbocycles. The van der Waals surface area contributed by atoms with Gasteiger partial charge in [-0.1, -0.05) is 18.0 Å². The molecular weight excluding hydrogens is 248 g/mol. The number of likely N-dealkylation sites (tertiary alicyclic amines) is 1. The number of rotatable bonds is 4. The predicted octanol–water partition coefficient (Wildman–Crippen LogP) is 2.72. The van der Waals surface area contributed by atoms with Crippen molar-refractivity contribution in [3.05, 3.63) is 17.0 Å². The lowest BCUT2D eigenvalue weighted by atomic mass is 10.1. The average Bonchev–Trinajstić information content (AvgIpc) is 2.28. The van der Waals surface area contributed by atoms with Gasteiger partial charge >= 0.3 is 0 Å². The SMILES string of the molecule is Cc1nc(Cl)cc(NC(C)CN2CCCCC2)n1. The molecule has 0 radical (unpaired) electrons. The molecule has 100 valence electrons. The lowest BCUT2D eigenvalue weighted by Crippen LogP contribution is -2.38. The number of anilines is 1. The minimum Gasteiger partial charge on any atom is -0.366 e. The van der Waals surface area contributed by atoms with Gasteiger partial charge in [-0.15, -0.1) is 0 Å². The highest BCUT2D eigenvalue weighted by atomic mass is 35.5. The van der Waals surface area contributed by atoms with Gasteiger partial charge in [-0.3, -0.25) is 0 Å². The summed E-state index contributed by atoms with van der Waals surface area (Å²) in [6.07, 6.45) is 4.02. The number of hydrogen-bond donors (Lipinski definition) is 1. The normalized spacial score (nSPS) is 18.6. The summed E-state index contributed by atoms with van der Waals surface area (Å²) in [5.74, 6) is 1.52. The molecular formula is C13H21ClN4. The predicted molar refractivity (Wildman–Crippen MR) is 75.2 cm³/mol. The summed E-state index contributed by atoms with van der Waals surface area (Å²) in [6.45, 7) is 7.53. The Morgan fingerprint density at radius 1 is 1.33 bits per heavy atom. The standard InChI is InChI=1S/C13H21ClN4/c1-10(9-18-6-4-3-5-7-18)15-13-8-12(14)16-11(2)17-13/h8,10H,3-7,9H2,1-2H3,(H,15,16,17). The van der Waals surface area contributed by atoms with Gasteiger partial charge in [0.05, 0.1) is 0 Å². The number of halogens is 1. The molecule has 18 heavy (non-hydrogen) atoms. The molecule has 1 fully saturated rings. The molecule has 1 atom stereocenters. The second-order valence-electron chi connectivity index (χ2n) is 5.03. The Morgan fingerprint density at radius 3 is 2.72 bits per heavy atom. The van der Waals surface area contributed by atoms with E-state index >= 15 is 0 Å². The summed E-state index contributed by atoms with van der Waals surface area (Å²) in [5, 5.41) is 3.89. The van der Waals surface area contributed by atoms with Crippen molar-refractivity contribution < 1.29 is 0 Å². The van der Waals surface area contributed by atoms with Gasteiger partial charge in [0, 0.05) is 18.7 Å². The first-order chi connectivity index (χ1) is 8.63. The van der Waals surface area contributed by atoms with Gasteiger partial charge in [0.15, 0.2) is 0 Å². The van der Waals surface area contributed by atoms with Crippen LogP contribution in [0.4, 0.5) is 5.82 Å². The van der Waals surface area contributed by atoms with Crippen molar-refractivity contribution in [1.29, 1.82) is 0 Å². The van der Waals surface area contributed by atoms with Crippen molar-refractivity contribution in [3.63, 3.8) is 0 Å². The lowest BCUT2D eigenvalue weighted by Gasteiger charge is -2.29. The number of aryl methyl sites for hydroxylation is 1.